The molecule has 0 aliphatic carbocycles. The second-order valence-corrected chi connectivity index (χ2v) is 5.32. The van der Waals surface area contributed by atoms with E-state index in [2.05, 4.69) is 21.2 Å². The van der Waals surface area contributed by atoms with Crippen molar-refractivity contribution >= 4 is 21.6 Å². The fourth-order valence-corrected chi connectivity index (χ4v) is 2.28. The Morgan fingerprint density at radius 2 is 1.68 bits per heavy atom. The highest BCUT2D eigenvalue weighted by molar-refractivity contribution is 9.10. The van der Waals surface area contributed by atoms with Crippen LogP contribution in [-0.4, -0.2) is 0 Å². The van der Waals surface area contributed by atoms with Crippen molar-refractivity contribution in [3.05, 3.63) is 63.1 Å². The fourth-order valence-electron chi connectivity index (χ4n) is 1.97. The predicted molar refractivity (Wildman–Crippen MR) is 77.3 cm³/mol. The molecule has 0 unspecified atom stereocenters. The number of nitrogens with one attached hydrogen (secondary N) is 1. The summed E-state index contributed by atoms with van der Waals surface area (Å²) in [6.45, 7) is 4.47. The first-order chi connectivity index (χ1) is 8.99. The molecule has 0 aliphatic heterocycles. The molecule has 0 bridgehead atoms. The van der Waals surface area contributed by atoms with Crippen molar-refractivity contribution in [1.29, 1.82) is 0 Å². The topological polar surface area (TPSA) is 12.0 Å². The van der Waals surface area contributed by atoms with Gasteiger partial charge in [0, 0.05) is 12.6 Å². The van der Waals surface area contributed by atoms with Crippen LogP contribution in [0.15, 0.2) is 34.8 Å². The van der Waals surface area contributed by atoms with Crippen molar-refractivity contribution in [2.45, 2.75) is 20.4 Å². The molecule has 100 valence electrons. The lowest BCUT2D eigenvalue weighted by molar-refractivity contribution is 0.596. The monoisotopic (exact) mass is 325 g/mol. The fraction of sp³-hybridized carbons (Fsp3) is 0.200. The zero-order valence-corrected chi connectivity index (χ0v) is 12.3. The second kappa shape index (κ2) is 5.70. The third-order valence-electron chi connectivity index (χ3n) is 3.11. The van der Waals surface area contributed by atoms with Gasteiger partial charge in [0.15, 0.2) is 0 Å². The molecule has 0 fully saturated rings. The van der Waals surface area contributed by atoms with Crippen molar-refractivity contribution in [3.8, 4) is 0 Å². The Hall–Kier alpha value is -1.42. The van der Waals surface area contributed by atoms with Crippen LogP contribution in [0.3, 0.4) is 0 Å². The minimum absolute atomic E-state index is 0.127. The van der Waals surface area contributed by atoms with Gasteiger partial charge >= 0.3 is 0 Å². The first kappa shape index (κ1) is 14.0. The van der Waals surface area contributed by atoms with Crippen LogP contribution in [0.5, 0.6) is 0 Å². The minimum atomic E-state index is -0.481. The normalized spacial score (nSPS) is 10.6. The van der Waals surface area contributed by atoms with Gasteiger partial charge in [0.2, 0.25) is 0 Å². The van der Waals surface area contributed by atoms with Crippen LogP contribution in [0.1, 0.15) is 16.7 Å². The average Bonchev–Trinajstić information content (AvgIpc) is 2.34. The number of hydrogen-bond acceptors (Lipinski definition) is 1. The molecule has 4 heteroatoms. The summed E-state index contributed by atoms with van der Waals surface area (Å²) in [7, 11) is 0. The maximum Gasteiger partial charge on any atom is 0.147 e. The van der Waals surface area contributed by atoms with Crippen LogP contribution in [-0.2, 0) is 6.54 Å². The summed E-state index contributed by atoms with van der Waals surface area (Å²) in [6.07, 6.45) is 0. The SMILES string of the molecule is Cc1cccc(C)c1CNc1cc(F)c(Br)cc1F. The highest BCUT2D eigenvalue weighted by Crippen LogP contribution is 2.24. The van der Waals surface area contributed by atoms with Crippen LogP contribution in [0, 0.1) is 25.5 Å². The van der Waals surface area contributed by atoms with E-state index >= 15 is 0 Å². The van der Waals surface area contributed by atoms with Crippen LogP contribution in [0.4, 0.5) is 14.5 Å². The molecule has 0 radical (unpaired) electrons. The molecule has 0 heterocycles. The van der Waals surface area contributed by atoms with Crippen LogP contribution in [0.2, 0.25) is 0 Å². The highest BCUT2D eigenvalue weighted by Gasteiger charge is 2.09. The van der Waals surface area contributed by atoms with Gasteiger partial charge in [-0.05, 0) is 52.5 Å². The summed E-state index contributed by atoms with van der Waals surface area (Å²) in [5.74, 6) is -0.954. The summed E-state index contributed by atoms with van der Waals surface area (Å²) in [4.78, 5) is 0. The number of aryl methyl sites for hydroxylation is 2. The molecule has 0 saturated heterocycles. The van der Waals surface area contributed by atoms with E-state index in [1.165, 1.54) is 0 Å². The summed E-state index contributed by atoms with van der Waals surface area (Å²) in [5, 5.41) is 2.94. The Labute approximate surface area is 119 Å². The van der Waals surface area contributed by atoms with E-state index in [1.807, 2.05) is 32.0 Å². The lowest BCUT2D eigenvalue weighted by Crippen LogP contribution is -2.05. The van der Waals surface area contributed by atoms with E-state index in [9.17, 15) is 8.78 Å². The molecule has 19 heavy (non-hydrogen) atoms. The third kappa shape index (κ3) is 3.13. The number of anilines is 1. The summed E-state index contributed by atoms with van der Waals surface area (Å²) in [5.41, 5.74) is 3.53. The van der Waals surface area contributed by atoms with Gasteiger partial charge in [-0.3, -0.25) is 0 Å². The molecular weight excluding hydrogens is 312 g/mol. The zero-order chi connectivity index (χ0) is 14.0. The number of rotatable bonds is 3. The lowest BCUT2D eigenvalue weighted by Gasteiger charge is -2.13. The summed E-state index contributed by atoms with van der Waals surface area (Å²) >= 11 is 2.96. The molecule has 2 aromatic carbocycles. The van der Waals surface area contributed by atoms with Crippen molar-refractivity contribution in [2.75, 3.05) is 5.32 Å². The molecule has 2 rings (SSSR count). The molecule has 1 nitrogen and oxygen atoms in total. The molecule has 0 aliphatic rings. The third-order valence-corrected chi connectivity index (χ3v) is 3.72. The maximum absolute atomic E-state index is 13.7. The highest BCUT2D eigenvalue weighted by atomic mass is 79.9. The quantitative estimate of drug-likeness (QED) is 0.787. The average molecular weight is 326 g/mol. The van der Waals surface area contributed by atoms with Crippen molar-refractivity contribution in [2.24, 2.45) is 0 Å². The lowest BCUT2D eigenvalue weighted by atomic mass is 10.0. The van der Waals surface area contributed by atoms with Crippen LogP contribution >= 0.6 is 15.9 Å². The molecular formula is C15H14BrF2N. The van der Waals surface area contributed by atoms with E-state index in [4.69, 9.17) is 0 Å². The van der Waals surface area contributed by atoms with Gasteiger partial charge in [-0.15, -0.1) is 0 Å². The van der Waals surface area contributed by atoms with Gasteiger partial charge in [-0.1, -0.05) is 18.2 Å². The number of hydrogen-bond donors (Lipinski definition) is 1. The van der Waals surface area contributed by atoms with E-state index < -0.39 is 11.6 Å². The minimum Gasteiger partial charge on any atom is -0.378 e. The number of halogens is 3. The Balaban J connectivity index is 2.22. The largest absolute Gasteiger partial charge is 0.378 e. The number of benzene rings is 2. The van der Waals surface area contributed by atoms with Crippen molar-refractivity contribution < 1.29 is 8.78 Å². The maximum atomic E-state index is 13.7. The Kier molecular flexibility index (Phi) is 4.20. The van der Waals surface area contributed by atoms with Gasteiger partial charge in [0.1, 0.15) is 11.6 Å². The van der Waals surface area contributed by atoms with Gasteiger partial charge in [0.05, 0.1) is 10.2 Å². The Morgan fingerprint density at radius 3 is 2.32 bits per heavy atom. The Bertz CT molecular complexity index is 591. The molecule has 0 amide bonds. The zero-order valence-electron chi connectivity index (χ0n) is 10.7. The van der Waals surface area contributed by atoms with E-state index in [-0.39, 0.29) is 10.2 Å². The predicted octanol–water partition coefficient (Wildman–Crippen LogP) is 4.96. The van der Waals surface area contributed by atoms with Crippen LogP contribution in [0.25, 0.3) is 0 Å². The Morgan fingerprint density at radius 1 is 1.05 bits per heavy atom. The van der Waals surface area contributed by atoms with Crippen LogP contribution < -0.4 is 5.32 Å². The van der Waals surface area contributed by atoms with E-state index in [0.29, 0.717) is 6.54 Å². The summed E-state index contributed by atoms with van der Waals surface area (Å²) < 4.78 is 27.2. The first-order valence-electron chi connectivity index (χ1n) is 5.92. The summed E-state index contributed by atoms with van der Waals surface area (Å²) in [6, 6.07) is 8.27. The first-order valence-corrected chi connectivity index (χ1v) is 6.72. The van der Waals surface area contributed by atoms with Gasteiger partial charge in [0.25, 0.3) is 0 Å². The van der Waals surface area contributed by atoms with Gasteiger partial charge < -0.3 is 5.32 Å². The second-order valence-electron chi connectivity index (χ2n) is 4.47. The molecule has 0 aromatic heterocycles. The molecule has 1 N–H and O–H groups in total. The van der Waals surface area contributed by atoms with Gasteiger partial charge in [-0.25, -0.2) is 8.78 Å². The van der Waals surface area contributed by atoms with Gasteiger partial charge in [-0.2, -0.15) is 0 Å². The molecule has 0 spiro atoms. The molecule has 0 atom stereocenters. The van der Waals surface area contributed by atoms with Crippen molar-refractivity contribution in [1.82, 2.24) is 0 Å². The molecule has 2 aromatic rings. The smallest absolute Gasteiger partial charge is 0.147 e. The standard InChI is InChI=1S/C15H14BrF2N/c1-9-4-3-5-10(2)11(9)8-19-15-7-13(17)12(16)6-14(15)18/h3-7,19H,8H2,1-2H3. The molecule has 0 saturated carbocycles. The van der Waals surface area contributed by atoms with Crippen molar-refractivity contribution in [3.63, 3.8) is 0 Å². The van der Waals surface area contributed by atoms with E-state index in [1.54, 1.807) is 0 Å². The van der Waals surface area contributed by atoms with E-state index in [0.717, 1.165) is 28.8 Å².